The first kappa shape index (κ1) is 12.9. The van der Waals surface area contributed by atoms with Crippen LogP contribution in [0.15, 0.2) is 29.2 Å². The van der Waals surface area contributed by atoms with Gasteiger partial charge in [0.25, 0.3) is 0 Å². The molecule has 0 spiro atoms. The van der Waals surface area contributed by atoms with Gasteiger partial charge in [0.15, 0.2) is 0 Å². The van der Waals surface area contributed by atoms with Gasteiger partial charge < -0.3 is 15.3 Å². The monoisotopic (exact) mass is 262 g/mol. The fraction of sp³-hybridized carbons (Fsp3) is 0.231. The molecule has 2 aromatic rings. The Morgan fingerprint density at radius 3 is 2.79 bits per heavy atom. The number of nitrogens with two attached hydrogens (primary N) is 1. The van der Waals surface area contributed by atoms with Gasteiger partial charge in [0.2, 0.25) is 5.43 Å². The standard InChI is InChI=1S/C13H14N2O4/c1-3-19-13(17)10-7-15(14)11-6-8(18-2)4-5-9(11)12(10)16/h4-7H,3,14H2,1-2H3. The summed E-state index contributed by atoms with van der Waals surface area (Å²) in [5.74, 6) is 5.70. The number of esters is 1. The summed E-state index contributed by atoms with van der Waals surface area (Å²) >= 11 is 0. The number of pyridine rings is 1. The quantitative estimate of drug-likeness (QED) is 0.656. The van der Waals surface area contributed by atoms with Crippen LogP contribution in [0.4, 0.5) is 0 Å². The Hall–Kier alpha value is -2.50. The molecule has 0 atom stereocenters. The molecule has 2 rings (SSSR count). The van der Waals surface area contributed by atoms with Crippen molar-refractivity contribution in [1.29, 1.82) is 0 Å². The number of fused-ring (bicyclic) bond motifs is 1. The minimum atomic E-state index is -0.676. The first-order valence-corrected chi connectivity index (χ1v) is 5.74. The topological polar surface area (TPSA) is 83.6 Å². The van der Waals surface area contributed by atoms with Crippen LogP contribution in [-0.4, -0.2) is 24.4 Å². The molecule has 0 radical (unpaired) electrons. The van der Waals surface area contributed by atoms with Crippen molar-refractivity contribution in [1.82, 2.24) is 4.68 Å². The third kappa shape index (κ3) is 2.24. The molecule has 0 aliphatic rings. The van der Waals surface area contributed by atoms with E-state index in [2.05, 4.69) is 0 Å². The smallest absolute Gasteiger partial charge is 0.343 e. The van der Waals surface area contributed by atoms with E-state index in [1.165, 1.54) is 18.0 Å². The lowest BCUT2D eigenvalue weighted by molar-refractivity contribution is 0.0524. The van der Waals surface area contributed by atoms with E-state index >= 15 is 0 Å². The van der Waals surface area contributed by atoms with E-state index in [-0.39, 0.29) is 12.2 Å². The Balaban J connectivity index is 2.69. The molecule has 0 unspecified atom stereocenters. The lowest BCUT2D eigenvalue weighted by Crippen LogP contribution is -2.23. The molecule has 0 amide bonds. The molecule has 1 aromatic carbocycles. The van der Waals surface area contributed by atoms with Gasteiger partial charge in [-0.3, -0.25) is 9.47 Å². The number of hydrogen-bond donors (Lipinski definition) is 1. The number of aromatic nitrogens is 1. The molecular formula is C13H14N2O4. The molecule has 100 valence electrons. The van der Waals surface area contributed by atoms with Gasteiger partial charge in [-0.05, 0) is 19.1 Å². The van der Waals surface area contributed by atoms with E-state index in [4.69, 9.17) is 15.3 Å². The van der Waals surface area contributed by atoms with E-state index in [0.717, 1.165) is 0 Å². The van der Waals surface area contributed by atoms with Crippen LogP contribution in [0.5, 0.6) is 5.75 Å². The van der Waals surface area contributed by atoms with Crippen LogP contribution in [0.1, 0.15) is 17.3 Å². The van der Waals surface area contributed by atoms with Gasteiger partial charge in [0.1, 0.15) is 11.3 Å². The van der Waals surface area contributed by atoms with Crippen LogP contribution >= 0.6 is 0 Å². The lowest BCUT2D eigenvalue weighted by atomic mass is 10.1. The van der Waals surface area contributed by atoms with Gasteiger partial charge in [0, 0.05) is 17.6 Å². The molecule has 1 heterocycles. The number of carbonyl (C=O) groups excluding carboxylic acids is 1. The largest absolute Gasteiger partial charge is 0.497 e. The maximum Gasteiger partial charge on any atom is 0.343 e. The summed E-state index contributed by atoms with van der Waals surface area (Å²) in [7, 11) is 1.52. The second-order valence-corrected chi connectivity index (χ2v) is 3.88. The molecule has 19 heavy (non-hydrogen) atoms. The molecule has 0 fully saturated rings. The highest BCUT2D eigenvalue weighted by Gasteiger charge is 2.16. The summed E-state index contributed by atoms with van der Waals surface area (Å²) in [6, 6.07) is 4.84. The molecule has 0 saturated carbocycles. The molecule has 6 nitrogen and oxygen atoms in total. The van der Waals surface area contributed by atoms with Crippen LogP contribution in [0.25, 0.3) is 10.9 Å². The fourth-order valence-electron chi connectivity index (χ4n) is 1.81. The molecule has 0 saturated heterocycles. The second kappa shape index (κ2) is 5.01. The number of benzene rings is 1. The molecule has 0 bridgehead atoms. The van der Waals surface area contributed by atoms with E-state index in [0.29, 0.717) is 16.7 Å². The number of ether oxygens (including phenoxy) is 2. The molecular weight excluding hydrogens is 248 g/mol. The summed E-state index contributed by atoms with van der Waals surface area (Å²) in [6.07, 6.45) is 1.27. The van der Waals surface area contributed by atoms with Gasteiger partial charge in [0.05, 0.1) is 19.2 Å². The van der Waals surface area contributed by atoms with E-state index < -0.39 is 11.4 Å². The summed E-state index contributed by atoms with van der Waals surface area (Å²) in [5.41, 5.74) is -0.00258. The highest BCUT2D eigenvalue weighted by molar-refractivity contribution is 5.94. The van der Waals surface area contributed by atoms with Crippen molar-refractivity contribution in [2.75, 3.05) is 19.6 Å². The number of rotatable bonds is 3. The Morgan fingerprint density at radius 1 is 1.42 bits per heavy atom. The van der Waals surface area contributed by atoms with Crippen LogP contribution in [0, 0.1) is 0 Å². The zero-order chi connectivity index (χ0) is 14.0. The molecule has 6 heteroatoms. The average Bonchev–Trinajstić information content (AvgIpc) is 2.42. The number of carbonyl (C=O) groups is 1. The second-order valence-electron chi connectivity index (χ2n) is 3.88. The highest BCUT2D eigenvalue weighted by atomic mass is 16.5. The van der Waals surface area contributed by atoms with Gasteiger partial charge in [-0.15, -0.1) is 0 Å². The van der Waals surface area contributed by atoms with Gasteiger partial charge >= 0.3 is 5.97 Å². The molecule has 0 aliphatic heterocycles. The molecule has 1 aromatic heterocycles. The summed E-state index contributed by atoms with van der Waals surface area (Å²) in [4.78, 5) is 23.9. The van der Waals surface area contributed by atoms with Gasteiger partial charge in [-0.25, -0.2) is 4.79 Å². The van der Waals surface area contributed by atoms with E-state index in [1.807, 2.05) is 0 Å². The lowest BCUT2D eigenvalue weighted by Gasteiger charge is -2.09. The van der Waals surface area contributed by atoms with Crippen molar-refractivity contribution in [3.05, 3.63) is 40.2 Å². The summed E-state index contributed by atoms with van der Waals surface area (Å²) in [6.45, 7) is 1.87. The number of hydrogen-bond acceptors (Lipinski definition) is 5. The number of methoxy groups -OCH3 is 1. The zero-order valence-corrected chi connectivity index (χ0v) is 10.7. The maximum atomic E-state index is 12.2. The predicted octanol–water partition coefficient (Wildman–Crippen LogP) is 0.901. The van der Waals surface area contributed by atoms with Crippen molar-refractivity contribution in [2.24, 2.45) is 0 Å². The summed E-state index contributed by atoms with van der Waals surface area (Å²) in [5, 5.41) is 0.342. The van der Waals surface area contributed by atoms with E-state index in [9.17, 15) is 9.59 Å². The summed E-state index contributed by atoms with van der Waals surface area (Å²) < 4.78 is 11.1. The SMILES string of the molecule is CCOC(=O)c1cn(N)c2cc(OC)ccc2c1=O. The Kier molecular flexibility index (Phi) is 3.41. The van der Waals surface area contributed by atoms with Crippen LogP contribution < -0.4 is 16.0 Å². The third-order valence-corrected chi connectivity index (χ3v) is 2.74. The third-order valence-electron chi connectivity index (χ3n) is 2.74. The van der Waals surface area contributed by atoms with Crippen molar-refractivity contribution >= 4 is 16.9 Å². The van der Waals surface area contributed by atoms with E-state index in [1.54, 1.807) is 25.1 Å². The van der Waals surface area contributed by atoms with Gasteiger partial charge in [-0.2, -0.15) is 0 Å². The predicted molar refractivity (Wildman–Crippen MR) is 70.9 cm³/mol. The highest BCUT2D eigenvalue weighted by Crippen LogP contribution is 2.18. The Morgan fingerprint density at radius 2 is 2.16 bits per heavy atom. The van der Waals surface area contributed by atoms with Crippen LogP contribution in [-0.2, 0) is 4.74 Å². The normalized spacial score (nSPS) is 10.4. The van der Waals surface area contributed by atoms with Crippen LogP contribution in [0.3, 0.4) is 0 Å². The number of nitrogens with zero attached hydrogens (tertiary/aromatic N) is 1. The maximum absolute atomic E-state index is 12.2. The van der Waals surface area contributed by atoms with Crippen molar-refractivity contribution in [3.63, 3.8) is 0 Å². The van der Waals surface area contributed by atoms with Crippen molar-refractivity contribution in [3.8, 4) is 5.75 Å². The fourth-order valence-corrected chi connectivity index (χ4v) is 1.81. The first-order valence-electron chi connectivity index (χ1n) is 5.74. The van der Waals surface area contributed by atoms with Gasteiger partial charge in [-0.1, -0.05) is 0 Å². The van der Waals surface area contributed by atoms with Crippen molar-refractivity contribution in [2.45, 2.75) is 6.92 Å². The number of nitrogen functional groups attached to an aromatic ring is 1. The molecule has 0 aliphatic carbocycles. The van der Waals surface area contributed by atoms with Crippen LogP contribution in [0.2, 0.25) is 0 Å². The molecule has 2 N–H and O–H groups in total. The van der Waals surface area contributed by atoms with Crippen molar-refractivity contribution < 1.29 is 14.3 Å². The Labute approximate surface area is 109 Å². The zero-order valence-electron chi connectivity index (χ0n) is 10.7. The average molecular weight is 262 g/mol. The first-order chi connectivity index (χ1) is 9.08. The minimum Gasteiger partial charge on any atom is -0.497 e. The Bertz CT molecular complexity index is 691. The minimum absolute atomic E-state index is 0.0815.